The maximum atomic E-state index is 6.28. The Hall–Kier alpha value is -2.11. The number of halogens is 1. The Morgan fingerprint density at radius 3 is 2.68 bits per heavy atom. The number of nitrogens with one attached hydrogen (secondary N) is 1. The topological polar surface area (TPSA) is 45.5 Å². The molecule has 1 unspecified atom stereocenters. The lowest BCUT2D eigenvalue weighted by Gasteiger charge is -2.41. The van der Waals surface area contributed by atoms with Crippen molar-refractivity contribution in [2.45, 2.75) is 51.6 Å². The first-order valence-corrected chi connectivity index (χ1v) is 10.4. The number of anilines is 1. The van der Waals surface area contributed by atoms with Gasteiger partial charge >= 0.3 is 0 Å². The normalized spacial score (nSPS) is 18.5. The third kappa shape index (κ3) is 4.01. The first-order chi connectivity index (χ1) is 13.4. The minimum absolute atomic E-state index is 0.181. The smallest absolute Gasteiger partial charge is 0.243 e. The fraction of sp³-hybridized carbons (Fsp3) is 0.455. The van der Waals surface area contributed by atoms with Gasteiger partial charge in [-0.2, -0.15) is 4.98 Å². The zero-order chi connectivity index (χ0) is 19.7. The van der Waals surface area contributed by atoms with Crippen molar-refractivity contribution in [3.8, 4) is 0 Å². The molecule has 1 saturated heterocycles. The second kappa shape index (κ2) is 7.72. The first kappa shape index (κ1) is 19.2. The fourth-order valence-corrected chi connectivity index (χ4v) is 4.20. The molecule has 0 saturated carbocycles. The second-order valence-corrected chi connectivity index (χ2v) is 8.92. The zero-order valence-electron chi connectivity index (χ0n) is 16.8. The molecule has 1 aliphatic heterocycles. The van der Waals surface area contributed by atoms with E-state index in [0.717, 1.165) is 24.4 Å². The van der Waals surface area contributed by atoms with Gasteiger partial charge in [-0.3, -0.25) is 4.90 Å². The van der Waals surface area contributed by atoms with E-state index in [1.54, 1.807) is 0 Å². The number of rotatable bonds is 4. The molecule has 2 aromatic heterocycles. The highest BCUT2D eigenvalue weighted by Crippen LogP contribution is 2.32. The Morgan fingerprint density at radius 2 is 1.93 bits per heavy atom. The number of nitrogens with zero attached hydrogens (tertiary/aromatic N) is 4. The number of aromatic nitrogens is 3. The molecule has 1 fully saturated rings. The predicted molar refractivity (Wildman–Crippen MR) is 115 cm³/mol. The van der Waals surface area contributed by atoms with E-state index < -0.39 is 0 Å². The van der Waals surface area contributed by atoms with Crippen LogP contribution < -0.4 is 5.32 Å². The van der Waals surface area contributed by atoms with Gasteiger partial charge in [-0.25, -0.2) is 4.52 Å². The number of hydrogen-bond acceptors (Lipinski definition) is 4. The minimum Gasteiger partial charge on any atom is -0.364 e. The first-order valence-electron chi connectivity index (χ1n) is 10.00. The highest BCUT2D eigenvalue weighted by Gasteiger charge is 2.30. The molecule has 0 spiro atoms. The minimum atomic E-state index is 0.181. The largest absolute Gasteiger partial charge is 0.364 e. The van der Waals surface area contributed by atoms with Crippen LogP contribution in [0, 0.1) is 0 Å². The van der Waals surface area contributed by atoms with Crippen LogP contribution in [0.1, 0.15) is 50.8 Å². The fourth-order valence-electron chi connectivity index (χ4n) is 4.04. The van der Waals surface area contributed by atoms with Crippen LogP contribution in [-0.4, -0.2) is 38.1 Å². The number of hydrogen-bond donors (Lipinski definition) is 1. The van der Waals surface area contributed by atoms with E-state index in [1.807, 2.05) is 22.7 Å². The van der Waals surface area contributed by atoms with Crippen LogP contribution in [0.15, 0.2) is 42.5 Å². The molecule has 28 heavy (non-hydrogen) atoms. The summed E-state index contributed by atoms with van der Waals surface area (Å²) >= 11 is 6.28. The van der Waals surface area contributed by atoms with Crippen LogP contribution >= 0.6 is 11.6 Å². The van der Waals surface area contributed by atoms with Gasteiger partial charge in [-0.05, 0) is 69.5 Å². The average molecular weight is 398 g/mol. The van der Waals surface area contributed by atoms with Gasteiger partial charge in [0.1, 0.15) is 5.52 Å². The Bertz CT molecular complexity index is 945. The third-order valence-corrected chi connectivity index (χ3v) is 5.77. The van der Waals surface area contributed by atoms with Gasteiger partial charge in [0.25, 0.3) is 0 Å². The molecule has 5 nitrogen and oxygen atoms in total. The molecular formula is C22H28ClN5. The van der Waals surface area contributed by atoms with Gasteiger partial charge in [0.05, 0.1) is 0 Å². The number of fused-ring (bicyclic) bond motifs is 1. The molecule has 4 rings (SSSR count). The average Bonchev–Trinajstić information content (AvgIpc) is 3.10. The third-order valence-electron chi connectivity index (χ3n) is 5.61. The van der Waals surface area contributed by atoms with Crippen molar-refractivity contribution in [3.63, 3.8) is 0 Å². The lowest BCUT2D eigenvalue weighted by atomic mass is 9.91. The van der Waals surface area contributed by atoms with Crippen molar-refractivity contribution < 1.29 is 0 Å². The van der Waals surface area contributed by atoms with Crippen LogP contribution in [0.25, 0.3) is 5.52 Å². The number of piperidine rings is 1. The summed E-state index contributed by atoms with van der Waals surface area (Å²) in [6.45, 7) is 9.77. The van der Waals surface area contributed by atoms with Gasteiger partial charge in [0.2, 0.25) is 5.28 Å². The van der Waals surface area contributed by atoms with Gasteiger partial charge in [0.15, 0.2) is 5.82 Å². The van der Waals surface area contributed by atoms with Crippen molar-refractivity contribution in [2.75, 3.05) is 18.4 Å². The molecule has 3 heterocycles. The number of benzene rings is 1. The van der Waals surface area contributed by atoms with E-state index in [2.05, 4.69) is 65.3 Å². The molecule has 1 atom stereocenters. The van der Waals surface area contributed by atoms with E-state index in [1.165, 1.54) is 24.1 Å². The Kier molecular flexibility index (Phi) is 5.30. The SMILES string of the molecule is CC(C)(C)N1CCCC(c2ccc3c(NCc4ccccc4)nc(Cl)nn23)C1. The van der Waals surface area contributed by atoms with Crippen molar-refractivity contribution in [1.82, 2.24) is 19.5 Å². The maximum absolute atomic E-state index is 6.28. The Morgan fingerprint density at radius 1 is 1.14 bits per heavy atom. The van der Waals surface area contributed by atoms with E-state index in [0.29, 0.717) is 12.5 Å². The lowest BCUT2D eigenvalue weighted by molar-refractivity contribution is 0.0974. The summed E-state index contributed by atoms with van der Waals surface area (Å²) in [4.78, 5) is 7.01. The lowest BCUT2D eigenvalue weighted by Crippen LogP contribution is -2.46. The molecule has 0 amide bonds. The summed E-state index contributed by atoms with van der Waals surface area (Å²) < 4.78 is 1.99. The highest BCUT2D eigenvalue weighted by molar-refractivity contribution is 6.28. The van der Waals surface area contributed by atoms with Crippen LogP contribution in [-0.2, 0) is 6.54 Å². The molecular weight excluding hydrogens is 370 g/mol. The van der Waals surface area contributed by atoms with E-state index in [-0.39, 0.29) is 10.8 Å². The van der Waals surface area contributed by atoms with Gasteiger partial charge < -0.3 is 5.32 Å². The van der Waals surface area contributed by atoms with Crippen molar-refractivity contribution in [3.05, 3.63) is 59.0 Å². The molecule has 6 heteroatoms. The van der Waals surface area contributed by atoms with Gasteiger partial charge in [-0.15, -0.1) is 5.10 Å². The summed E-state index contributed by atoms with van der Waals surface area (Å²) in [5.41, 5.74) is 3.58. The predicted octanol–water partition coefficient (Wildman–Crippen LogP) is 4.97. The standard InChI is InChI=1S/C22H28ClN5/c1-22(2,3)27-13-7-10-17(15-27)18-11-12-19-20(25-21(23)26-28(18)19)24-14-16-8-5-4-6-9-16/h4-6,8-9,11-12,17H,7,10,13-15H2,1-3H3,(H,24,25,26). The van der Waals surface area contributed by atoms with E-state index >= 15 is 0 Å². The van der Waals surface area contributed by atoms with E-state index in [9.17, 15) is 0 Å². The highest BCUT2D eigenvalue weighted by atomic mass is 35.5. The monoisotopic (exact) mass is 397 g/mol. The van der Waals surface area contributed by atoms with E-state index in [4.69, 9.17) is 11.6 Å². The molecule has 0 radical (unpaired) electrons. The van der Waals surface area contributed by atoms with Gasteiger partial charge in [-0.1, -0.05) is 30.3 Å². The Labute approximate surface area is 171 Å². The molecule has 1 aromatic carbocycles. The summed E-state index contributed by atoms with van der Waals surface area (Å²) in [6, 6.07) is 14.6. The molecule has 0 aliphatic carbocycles. The number of likely N-dealkylation sites (tertiary alicyclic amines) is 1. The zero-order valence-corrected chi connectivity index (χ0v) is 17.6. The summed E-state index contributed by atoms with van der Waals surface area (Å²) in [6.07, 6.45) is 2.38. The molecule has 148 valence electrons. The maximum Gasteiger partial charge on any atom is 0.243 e. The summed E-state index contributed by atoms with van der Waals surface area (Å²) in [5, 5.41) is 8.22. The van der Waals surface area contributed by atoms with Crippen LogP contribution in [0.4, 0.5) is 5.82 Å². The van der Waals surface area contributed by atoms with Gasteiger partial charge in [0, 0.05) is 30.2 Å². The van der Waals surface area contributed by atoms with Crippen LogP contribution in [0.2, 0.25) is 5.28 Å². The van der Waals surface area contributed by atoms with Crippen molar-refractivity contribution in [2.24, 2.45) is 0 Å². The Balaban J connectivity index is 1.62. The molecule has 1 N–H and O–H groups in total. The molecule has 3 aromatic rings. The molecule has 1 aliphatic rings. The summed E-state index contributed by atoms with van der Waals surface area (Å²) in [7, 11) is 0. The van der Waals surface area contributed by atoms with Crippen molar-refractivity contribution in [1.29, 1.82) is 0 Å². The second-order valence-electron chi connectivity index (χ2n) is 8.58. The van der Waals surface area contributed by atoms with Crippen molar-refractivity contribution >= 4 is 22.9 Å². The van der Waals surface area contributed by atoms with Crippen LogP contribution in [0.3, 0.4) is 0 Å². The molecule has 0 bridgehead atoms. The quantitative estimate of drug-likeness (QED) is 0.674. The van der Waals surface area contributed by atoms with Crippen LogP contribution in [0.5, 0.6) is 0 Å². The summed E-state index contributed by atoms with van der Waals surface area (Å²) in [5.74, 6) is 1.22.